The first-order chi connectivity index (χ1) is 9.73. The molecule has 22 heavy (non-hydrogen) atoms. The first-order valence-corrected chi connectivity index (χ1v) is 7.39. The Bertz CT molecular complexity index is 341. The molecule has 0 aromatic heterocycles. The monoisotopic (exact) mass is 346 g/mol. The number of alkyl halides is 3. The van der Waals surface area contributed by atoms with Gasteiger partial charge in [0.05, 0.1) is 6.42 Å². The molecule has 0 bridgehead atoms. The summed E-state index contributed by atoms with van der Waals surface area (Å²) in [4.78, 5) is 13.5. The first-order valence-electron chi connectivity index (χ1n) is 7.39. The number of ether oxygens (including phenoxy) is 1. The number of halogens is 4. The molecule has 132 valence electrons. The van der Waals surface area contributed by atoms with Crippen LogP contribution in [0.3, 0.4) is 0 Å². The van der Waals surface area contributed by atoms with Crippen LogP contribution in [0.15, 0.2) is 0 Å². The van der Waals surface area contributed by atoms with Crippen molar-refractivity contribution in [3.05, 3.63) is 0 Å². The molecule has 1 saturated heterocycles. The summed E-state index contributed by atoms with van der Waals surface area (Å²) in [5.41, 5.74) is 0. The molecule has 0 saturated carbocycles. The minimum absolute atomic E-state index is 0. The van der Waals surface area contributed by atoms with Gasteiger partial charge in [0.25, 0.3) is 0 Å². The maximum absolute atomic E-state index is 12.3. The molecule has 0 aromatic carbocycles. The van der Waals surface area contributed by atoms with Gasteiger partial charge in [0.15, 0.2) is 0 Å². The molecule has 1 amide bonds. The maximum atomic E-state index is 12.3. The van der Waals surface area contributed by atoms with E-state index in [1.54, 1.807) is 11.8 Å². The van der Waals surface area contributed by atoms with Crippen molar-refractivity contribution < 1.29 is 22.7 Å². The zero-order valence-corrected chi connectivity index (χ0v) is 14.1. The van der Waals surface area contributed by atoms with Gasteiger partial charge in [-0.3, -0.25) is 4.79 Å². The molecule has 0 radical (unpaired) electrons. The quantitative estimate of drug-likeness (QED) is 0.770. The second-order valence-corrected chi connectivity index (χ2v) is 5.84. The minimum atomic E-state index is -4.14. The highest BCUT2D eigenvalue weighted by Crippen LogP contribution is 2.27. The fraction of sp³-hybridized carbons (Fsp3) is 0.929. The van der Waals surface area contributed by atoms with Crippen molar-refractivity contribution >= 4 is 18.3 Å². The summed E-state index contributed by atoms with van der Waals surface area (Å²) < 4.78 is 41.9. The summed E-state index contributed by atoms with van der Waals surface area (Å²) in [6, 6.07) is -0.105. The standard InChI is InChI=1S/C14H25F3N2O2.ClH/c1-4-21-9-13(20)18-12-8-19(6-5-14(15,16)17)7-11(12)10(2)3;/h10-12H,4-9H2,1-3H3,(H,18,20);1H/t11-,12+;/m1./s1. The van der Waals surface area contributed by atoms with Gasteiger partial charge in [0, 0.05) is 32.3 Å². The summed E-state index contributed by atoms with van der Waals surface area (Å²) in [5.74, 6) is 0.271. The SMILES string of the molecule is CCOCC(=O)N[C@H]1CN(CCC(F)(F)F)C[C@@H]1C(C)C.Cl. The predicted molar refractivity (Wildman–Crippen MR) is 81.1 cm³/mol. The van der Waals surface area contributed by atoms with Crippen molar-refractivity contribution in [1.29, 1.82) is 0 Å². The molecule has 0 aromatic rings. The molecule has 1 aliphatic heterocycles. The summed E-state index contributed by atoms with van der Waals surface area (Å²) in [7, 11) is 0. The van der Waals surface area contributed by atoms with E-state index in [4.69, 9.17) is 4.74 Å². The van der Waals surface area contributed by atoms with Gasteiger partial charge in [0.2, 0.25) is 5.91 Å². The minimum Gasteiger partial charge on any atom is -0.372 e. The molecule has 1 N–H and O–H groups in total. The van der Waals surface area contributed by atoms with Crippen molar-refractivity contribution in [1.82, 2.24) is 10.2 Å². The molecule has 0 unspecified atom stereocenters. The normalized spacial score (nSPS) is 22.7. The number of carbonyl (C=O) groups is 1. The highest BCUT2D eigenvalue weighted by Gasteiger charge is 2.37. The van der Waals surface area contributed by atoms with Gasteiger partial charge < -0.3 is 15.0 Å². The lowest BCUT2D eigenvalue weighted by Crippen LogP contribution is -2.43. The zero-order chi connectivity index (χ0) is 16.0. The molecule has 1 aliphatic rings. The molecular formula is C14H26ClF3N2O2. The summed E-state index contributed by atoms with van der Waals surface area (Å²) in [5, 5.41) is 2.89. The molecule has 4 nitrogen and oxygen atoms in total. The predicted octanol–water partition coefficient (Wildman–Crippen LogP) is 2.47. The van der Waals surface area contributed by atoms with E-state index in [0.717, 1.165) is 0 Å². The van der Waals surface area contributed by atoms with E-state index >= 15 is 0 Å². The van der Waals surface area contributed by atoms with E-state index in [2.05, 4.69) is 5.32 Å². The fourth-order valence-electron chi connectivity index (χ4n) is 2.65. The zero-order valence-electron chi connectivity index (χ0n) is 13.3. The van der Waals surface area contributed by atoms with Crippen LogP contribution in [0.2, 0.25) is 0 Å². The van der Waals surface area contributed by atoms with Crippen LogP contribution >= 0.6 is 12.4 Å². The Morgan fingerprint density at radius 3 is 2.50 bits per heavy atom. The van der Waals surface area contributed by atoms with Crippen LogP contribution < -0.4 is 5.32 Å². The Kier molecular flexibility index (Phi) is 9.34. The Morgan fingerprint density at radius 2 is 2.00 bits per heavy atom. The molecule has 0 spiro atoms. The van der Waals surface area contributed by atoms with Crippen molar-refractivity contribution in [3.8, 4) is 0 Å². The second-order valence-electron chi connectivity index (χ2n) is 5.84. The number of hydrogen-bond donors (Lipinski definition) is 1. The highest BCUT2D eigenvalue weighted by atomic mass is 35.5. The van der Waals surface area contributed by atoms with Crippen LogP contribution in [-0.2, 0) is 9.53 Å². The smallest absolute Gasteiger partial charge is 0.372 e. The third-order valence-electron chi connectivity index (χ3n) is 3.79. The molecule has 1 fully saturated rings. The van der Waals surface area contributed by atoms with E-state index in [1.165, 1.54) is 0 Å². The lowest BCUT2D eigenvalue weighted by Gasteiger charge is -2.22. The number of rotatable bonds is 7. The van der Waals surface area contributed by atoms with Gasteiger partial charge >= 0.3 is 6.18 Å². The van der Waals surface area contributed by atoms with Gasteiger partial charge in [-0.2, -0.15) is 13.2 Å². The Labute approximate surface area is 136 Å². The Balaban J connectivity index is 0.00000441. The third-order valence-corrected chi connectivity index (χ3v) is 3.79. The topological polar surface area (TPSA) is 41.6 Å². The molecule has 0 aliphatic carbocycles. The summed E-state index contributed by atoms with van der Waals surface area (Å²) in [6.07, 6.45) is -4.94. The number of nitrogens with zero attached hydrogens (tertiary/aromatic N) is 1. The lowest BCUT2D eigenvalue weighted by molar-refractivity contribution is -0.137. The molecule has 8 heteroatoms. The number of hydrogen-bond acceptors (Lipinski definition) is 3. The Hall–Kier alpha value is -0.530. The van der Waals surface area contributed by atoms with Crippen molar-refractivity contribution in [3.63, 3.8) is 0 Å². The lowest BCUT2D eigenvalue weighted by atomic mass is 9.91. The van der Waals surface area contributed by atoms with E-state index in [1.807, 2.05) is 13.8 Å². The van der Waals surface area contributed by atoms with Gasteiger partial charge in [-0.05, 0) is 18.8 Å². The summed E-state index contributed by atoms with van der Waals surface area (Å²) in [6.45, 7) is 7.37. The average Bonchev–Trinajstić information content (AvgIpc) is 2.76. The Morgan fingerprint density at radius 1 is 1.36 bits per heavy atom. The van der Waals surface area contributed by atoms with Gasteiger partial charge in [-0.15, -0.1) is 12.4 Å². The first kappa shape index (κ1) is 21.5. The third kappa shape index (κ3) is 7.65. The van der Waals surface area contributed by atoms with Crippen molar-refractivity contribution in [2.75, 3.05) is 32.8 Å². The van der Waals surface area contributed by atoms with Gasteiger partial charge in [-0.25, -0.2) is 0 Å². The van der Waals surface area contributed by atoms with Crippen LogP contribution in [0, 0.1) is 11.8 Å². The van der Waals surface area contributed by atoms with Crippen molar-refractivity contribution in [2.24, 2.45) is 11.8 Å². The second kappa shape index (κ2) is 9.57. The average molecular weight is 347 g/mol. The van der Waals surface area contributed by atoms with Crippen LogP contribution in [0.5, 0.6) is 0 Å². The molecule has 2 atom stereocenters. The summed E-state index contributed by atoms with van der Waals surface area (Å²) >= 11 is 0. The van der Waals surface area contributed by atoms with Crippen LogP contribution in [0.1, 0.15) is 27.2 Å². The van der Waals surface area contributed by atoms with Gasteiger partial charge in [0.1, 0.15) is 6.61 Å². The fourth-order valence-corrected chi connectivity index (χ4v) is 2.65. The number of nitrogens with one attached hydrogen (secondary N) is 1. The number of amides is 1. The molecule has 1 rings (SSSR count). The largest absolute Gasteiger partial charge is 0.390 e. The van der Waals surface area contributed by atoms with Crippen molar-refractivity contribution in [2.45, 2.75) is 39.4 Å². The van der Waals surface area contributed by atoms with Crippen LogP contribution in [0.4, 0.5) is 13.2 Å². The van der Waals surface area contributed by atoms with E-state index in [9.17, 15) is 18.0 Å². The van der Waals surface area contributed by atoms with Gasteiger partial charge in [-0.1, -0.05) is 13.8 Å². The number of carbonyl (C=O) groups excluding carboxylic acids is 1. The molecular weight excluding hydrogens is 321 g/mol. The van der Waals surface area contributed by atoms with E-state index in [-0.39, 0.29) is 43.4 Å². The molecule has 1 heterocycles. The van der Waals surface area contributed by atoms with E-state index < -0.39 is 12.6 Å². The van der Waals surface area contributed by atoms with Crippen LogP contribution in [-0.4, -0.2) is 55.9 Å². The highest BCUT2D eigenvalue weighted by molar-refractivity contribution is 5.85. The maximum Gasteiger partial charge on any atom is 0.390 e. The van der Waals surface area contributed by atoms with Crippen LogP contribution in [0.25, 0.3) is 0 Å². The number of likely N-dealkylation sites (tertiary alicyclic amines) is 1. The van der Waals surface area contributed by atoms with E-state index in [0.29, 0.717) is 25.6 Å².